The monoisotopic (exact) mass is 222 g/mol. The predicted molar refractivity (Wildman–Crippen MR) is 61.9 cm³/mol. The highest BCUT2D eigenvalue weighted by molar-refractivity contribution is 7.09. The van der Waals surface area contributed by atoms with Crippen molar-refractivity contribution >= 4 is 17.0 Å². The van der Waals surface area contributed by atoms with Gasteiger partial charge in [-0.1, -0.05) is 13.8 Å². The van der Waals surface area contributed by atoms with Crippen molar-refractivity contribution in [1.29, 1.82) is 0 Å². The van der Waals surface area contributed by atoms with Gasteiger partial charge in [-0.05, 0) is 0 Å². The lowest BCUT2D eigenvalue weighted by atomic mass is 10.2. The van der Waals surface area contributed by atoms with Gasteiger partial charge in [0.2, 0.25) is 0 Å². The van der Waals surface area contributed by atoms with Crippen LogP contribution in [0.1, 0.15) is 30.5 Å². The van der Waals surface area contributed by atoms with Gasteiger partial charge in [-0.15, -0.1) is 11.3 Å². The first kappa shape index (κ1) is 10.2. The minimum atomic E-state index is 0.492. The molecule has 2 rings (SSSR count). The number of hydrogen-bond acceptors (Lipinski definition) is 4. The lowest BCUT2D eigenvalue weighted by molar-refractivity contribution is 0.671. The second-order valence-electron chi connectivity index (χ2n) is 3.80. The number of thiazole rings is 1. The molecule has 2 N–H and O–H groups in total. The third kappa shape index (κ3) is 2.36. The van der Waals surface area contributed by atoms with Crippen molar-refractivity contribution in [3.8, 4) is 0 Å². The Hall–Kier alpha value is -1.36. The van der Waals surface area contributed by atoms with Crippen LogP contribution in [0.2, 0.25) is 0 Å². The molecule has 0 aliphatic rings. The maximum Gasteiger partial charge on any atom is 0.0954 e. The van der Waals surface area contributed by atoms with Crippen molar-refractivity contribution in [2.45, 2.75) is 26.3 Å². The summed E-state index contributed by atoms with van der Waals surface area (Å²) in [5.41, 5.74) is 7.32. The summed E-state index contributed by atoms with van der Waals surface area (Å²) in [5.74, 6) is 0.492. The normalized spacial score (nSPS) is 11.1. The van der Waals surface area contributed by atoms with E-state index in [0.717, 1.165) is 5.69 Å². The molecule has 0 saturated carbocycles. The zero-order valence-electron chi connectivity index (χ0n) is 8.84. The Balaban J connectivity index is 2.11. The zero-order valence-corrected chi connectivity index (χ0v) is 9.66. The quantitative estimate of drug-likeness (QED) is 0.865. The zero-order chi connectivity index (χ0) is 10.8. The first-order chi connectivity index (χ1) is 7.15. The Morgan fingerprint density at radius 3 is 2.87 bits per heavy atom. The molecule has 0 aliphatic heterocycles. The van der Waals surface area contributed by atoms with Crippen LogP contribution in [0.3, 0.4) is 0 Å². The smallest absolute Gasteiger partial charge is 0.0954 e. The Kier molecular flexibility index (Phi) is 2.73. The highest BCUT2D eigenvalue weighted by Crippen LogP contribution is 2.19. The molecule has 0 saturated heterocycles. The van der Waals surface area contributed by atoms with Crippen molar-refractivity contribution in [3.05, 3.63) is 28.5 Å². The highest BCUT2D eigenvalue weighted by atomic mass is 32.1. The van der Waals surface area contributed by atoms with E-state index in [-0.39, 0.29) is 0 Å². The van der Waals surface area contributed by atoms with Crippen LogP contribution >= 0.6 is 11.3 Å². The number of rotatable bonds is 3. The molecule has 0 aromatic carbocycles. The maximum absolute atomic E-state index is 5.58. The van der Waals surface area contributed by atoms with Crippen molar-refractivity contribution in [2.75, 3.05) is 5.73 Å². The van der Waals surface area contributed by atoms with Gasteiger partial charge in [-0.2, -0.15) is 5.10 Å². The van der Waals surface area contributed by atoms with Crippen LogP contribution in [-0.4, -0.2) is 14.8 Å². The second kappa shape index (κ2) is 4.02. The van der Waals surface area contributed by atoms with E-state index in [1.807, 2.05) is 6.20 Å². The second-order valence-corrected chi connectivity index (χ2v) is 4.69. The van der Waals surface area contributed by atoms with E-state index in [1.165, 1.54) is 5.01 Å². The average molecular weight is 222 g/mol. The standard InChI is InChI=1S/C10H14N4S/c1-7(2)10-13-9(6-15-10)5-14-4-8(11)3-12-14/h3-4,6-7H,5,11H2,1-2H3. The largest absolute Gasteiger partial charge is 0.396 e. The Bertz CT molecular complexity index is 444. The Morgan fingerprint density at radius 2 is 2.33 bits per heavy atom. The summed E-state index contributed by atoms with van der Waals surface area (Å²) < 4.78 is 1.80. The minimum absolute atomic E-state index is 0.492. The van der Waals surface area contributed by atoms with Crippen LogP contribution in [0.25, 0.3) is 0 Å². The molecule has 0 spiro atoms. The van der Waals surface area contributed by atoms with Crippen LogP contribution in [0.15, 0.2) is 17.8 Å². The minimum Gasteiger partial charge on any atom is -0.396 e. The van der Waals surface area contributed by atoms with E-state index in [1.54, 1.807) is 22.2 Å². The van der Waals surface area contributed by atoms with Gasteiger partial charge in [-0.25, -0.2) is 4.98 Å². The number of hydrogen-bond donors (Lipinski definition) is 1. The highest BCUT2D eigenvalue weighted by Gasteiger charge is 2.06. The van der Waals surface area contributed by atoms with Crippen LogP contribution in [-0.2, 0) is 6.54 Å². The van der Waals surface area contributed by atoms with Crippen molar-refractivity contribution < 1.29 is 0 Å². The first-order valence-electron chi connectivity index (χ1n) is 4.87. The summed E-state index contributed by atoms with van der Waals surface area (Å²) >= 11 is 1.70. The average Bonchev–Trinajstić information content (AvgIpc) is 2.76. The Labute approximate surface area is 92.8 Å². The van der Waals surface area contributed by atoms with Gasteiger partial charge < -0.3 is 5.73 Å². The summed E-state index contributed by atoms with van der Waals surface area (Å²) in [5, 5.41) is 7.37. The molecule has 2 heterocycles. The van der Waals surface area contributed by atoms with Gasteiger partial charge in [-0.3, -0.25) is 4.68 Å². The Morgan fingerprint density at radius 1 is 1.53 bits per heavy atom. The van der Waals surface area contributed by atoms with Crippen LogP contribution in [0.4, 0.5) is 5.69 Å². The first-order valence-corrected chi connectivity index (χ1v) is 5.75. The van der Waals surface area contributed by atoms with E-state index in [4.69, 9.17) is 5.73 Å². The summed E-state index contributed by atoms with van der Waals surface area (Å²) in [6.07, 6.45) is 3.46. The van der Waals surface area contributed by atoms with Crippen molar-refractivity contribution in [3.63, 3.8) is 0 Å². The van der Waals surface area contributed by atoms with E-state index in [0.29, 0.717) is 18.2 Å². The van der Waals surface area contributed by atoms with Crippen LogP contribution < -0.4 is 5.73 Å². The molecule has 0 amide bonds. The van der Waals surface area contributed by atoms with Gasteiger partial charge in [0.25, 0.3) is 0 Å². The number of nitrogen functional groups attached to an aromatic ring is 1. The molecule has 0 aliphatic carbocycles. The third-order valence-corrected chi connectivity index (χ3v) is 3.23. The number of nitrogens with two attached hydrogens (primary N) is 1. The van der Waals surface area contributed by atoms with E-state index in [2.05, 4.69) is 29.3 Å². The van der Waals surface area contributed by atoms with E-state index < -0.39 is 0 Å². The molecule has 0 atom stereocenters. The molecular formula is C10H14N4S. The van der Waals surface area contributed by atoms with Crippen molar-refractivity contribution in [2.24, 2.45) is 0 Å². The maximum atomic E-state index is 5.58. The molecular weight excluding hydrogens is 208 g/mol. The van der Waals surface area contributed by atoms with Crippen molar-refractivity contribution in [1.82, 2.24) is 14.8 Å². The van der Waals surface area contributed by atoms with Gasteiger partial charge in [0.15, 0.2) is 0 Å². The van der Waals surface area contributed by atoms with Crippen LogP contribution in [0, 0.1) is 0 Å². The molecule has 2 aromatic rings. The summed E-state index contributed by atoms with van der Waals surface area (Å²) in [4.78, 5) is 4.53. The molecule has 0 radical (unpaired) electrons. The predicted octanol–water partition coefficient (Wildman–Crippen LogP) is 2.09. The number of aromatic nitrogens is 3. The van der Waals surface area contributed by atoms with Crippen LogP contribution in [0.5, 0.6) is 0 Å². The van der Waals surface area contributed by atoms with Gasteiger partial charge >= 0.3 is 0 Å². The molecule has 5 heteroatoms. The van der Waals surface area contributed by atoms with E-state index in [9.17, 15) is 0 Å². The fraction of sp³-hybridized carbons (Fsp3) is 0.400. The molecule has 0 bridgehead atoms. The topological polar surface area (TPSA) is 56.7 Å². The number of nitrogens with zero attached hydrogens (tertiary/aromatic N) is 3. The fourth-order valence-electron chi connectivity index (χ4n) is 1.29. The lowest BCUT2D eigenvalue weighted by Gasteiger charge is -1.98. The summed E-state index contributed by atoms with van der Waals surface area (Å²) in [6, 6.07) is 0. The SMILES string of the molecule is CC(C)c1nc(Cn2cc(N)cn2)cs1. The molecule has 2 aromatic heterocycles. The van der Waals surface area contributed by atoms with Gasteiger partial charge in [0.1, 0.15) is 0 Å². The molecule has 4 nitrogen and oxygen atoms in total. The molecule has 0 fully saturated rings. The summed E-state index contributed by atoms with van der Waals surface area (Å²) in [7, 11) is 0. The molecule has 15 heavy (non-hydrogen) atoms. The fourth-order valence-corrected chi connectivity index (χ4v) is 2.12. The third-order valence-electron chi connectivity index (χ3n) is 2.04. The lowest BCUT2D eigenvalue weighted by Crippen LogP contribution is -2.00. The summed E-state index contributed by atoms with van der Waals surface area (Å²) in [6.45, 7) is 4.99. The molecule has 0 unspecified atom stereocenters. The number of anilines is 1. The van der Waals surface area contributed by atoms with Gasteiger partial charge in [0.05, 0.1) is 29.1 Å². The molecule has 80 valence electrons. The van der Waals surface area contributed by atoms with Gasteiger partial charge in [0, 0.05) is 17.5 Å². The van der Waals surface area contributed by atoms with E-state index >= 15 is 0 Å².